The molecule has 0 aliphatic rings. The van der Waals surface area contributed by atoms with Gasteiger partial charge in [0.2, 0.25) is 0 Å². The summed E-state index contributed by atoms with van der Waals surface area (Å²) in [6, 6.07) is 4.21. The lowest BCUT2D eigenvalue weighted by Gasteiger charge is -2.18. The van der Waals surface area contributed by atoms with Crippen molar-refractivity contribution >= 4 is 12.0 Å². The van der Waals surface area contributed by atoms with Gasteiger partial charge in [-0.2, -0.15) is 0 Å². The van der Waals surface area contributed by atoms with Gasteiger partial charge < -0.3 is 9.64 Å². The zero-order chi connectivity index (χ0) is 19.0. The van der Waals surface area contributed by atoms with Crippen LogP contribution in [0.2, 0.25) is 0 Å². The molecule has 0 fully saturated rings. The molecule has 1 aromatic carbocycles. The summed E-state index contributed by atoms with van der Waals surface area (Å²) in [6.45, 7) is 16.8. The zero-order valence-corrected chi connectivity index (χ0v) is 17.4. The van der Waals surface area contributed by atoms with E-state index >= 15 is 0 Å². The Morgan fingerprint density at radius 3 is 2.40 bits per heavy atom. The van der Waals surface area contributed by atoms with Crippen LogP contribution in [0.3, 0.4) is 0 Å². The first kappa shape index (κ1) is 21.3. The van der Waals surface area contributed by atoms with Gasteiger partial charge in [-0.1, -0.05) is 40.2 Å². The second kappa shape index (κ2) is 9.65. The van der Waals surface area contributed by atoms with E-state index in [0.717, 1.165) is 42.0 Å². The summed E-state index contributed by atoms with van der Waals surface area (Å²) in [4.78, 5) is 6.65. The maximum absolute atomic E-state index is 6.15. The van der Waals surface area contributed by atoms with Crippen molar-refractivity contribution in [2.24, 2.45) is 10.4 Å². The Hall–Kier alpha value is -1.77. The molecule has 0 amide bonds. The van der Waals surface area contributed by atoms with Crippen molar-refractivity contribution in [3.8, 4) is 5.75 Å². The van der Waals surface area contributed by atoms with E-state index in [1.807, 2.05) is 13.4 Å². The standard InChI is InChI=1S/C22H36N2O/c1-9-11-19(14-22(5,6)7)15-25-21-13-17(3)20(12-18(21)4)23-16-24(8)10-2/h12-14,16H,9-11,15H2,1-8H3. The molecule has 0 N–H and O–H groups in total. The normalized spacial score (nSPS) is 12.7. The predicted molar refractivity (Wildman–Crippen MR) is 110 cm³/mol. The van der Waals surface area contributed by atoms with Crippen molar-refractivity contribution in [1.29, 1.82) is 0 Å². The summed E-state index contributed by atoms with van der Waals surface area (Å²) in [5.74, 6) is 0.955. The largest absolute Gasteiger partial charge is 0.489 e. The molecule has 25 heavy (non-hydrogen) atoms. The van der Waals surface area contributed by atoms with Crippen LogP contribution < -0.4 is 4.74 Å². The Morgan fingerprint density at radius 1 is 1.16 bits per heavy atom. The van der Waals surface area contributed by atoms with Gasteiger partial charge in [-0.3, -0.25) is 0 Å². The number of hydrogen-bond acceptors (Lipinski definition) is 2. The second-order valence-corrected chi connectivity index (χ2v) is 7.93. The van der Waals surface area contributed by atoms with Gasteiger partial charge in [-0.05, 0) is 61.4 Å². The van der Waals surface area contributed by atoms with Crippen molar-refractivity contribution in [2.45, 2.75) is 61.3 Å². The minimum Gasteiger partial charge on any atom is -0.489 e. The van der Waals surface area contributed by atoms with Gasteiger partial charge in [-0.25, -0.2) is 4.99 Å². The maximum atomic E-state index is 6.15. The molecule has 0 radical (unpaired) electrons. The molecule has 140 valence electrons. The molecule has 0 saturated carbocycles. The lowest BCUT2D eigenvalue weighted by Crippen LogP contribution is -2.14. The highest BCUT2D eigenvalue weighted by atomic mass is 16.5. The molecule has 0 spiro atoms. The van der Waals surface area contributed by atoms with Crippen LogP contribution in [0.5, 0.6) is 5.75 Å². The Labute approximate surface area is 154 Å². The molecule has 3 heteroatoms. The van der Waals surface area contributed by atoms with Gasteiger partial charge in [0.15, 0.2) is 0 Å². The SMILES string of the molecule is CCCC(=CC(C)(C)C)COc1cc(C)c(N=CN(C)CC)cc1C. The summed E-state index contributed by atoms with van der Waals surface area (Å²) in [5.41, 5.74) is 4.83. The highest BCUT2D eigenvalue weighted by Crippen LogP contribution is 2.29. The predicted octanol–water partition coefficient (Wildman–Crippen LogP) is 6.07. The zero-order valence-electron chi connectivity index (χ0n) is 17.4. The molecule has 0 bridgehead atoms. The average molecular weight is 345 g/mol. The van der Waals surface area contributed by atoms with Crippen molar-refractivity contribution < 1.29 is 4.74 Å². The fraction of sp³-hybridized carbons (Fsp3) is 0.591. The first-order valence-corrected chi connectivity index (χ1v) is 9.35. The molecular formula is C22H36N2O. The van der Waals surface area contributed by atoms with Gasteiger partial charge in [0, 0.05) is 13.6 Å². The van der Waals surface area contributed by atoms with Crippen LogP contribution in [0.15, 0.2) is 28.8 Å². The van der Waals surface area contributed by atoms with E-state index in [0.29, 0.717) is 6.61 Å². The third-order valence-electron chi connectivity index (χ3n) is 4.01. The number of rotatable bonds is 8. The van der Waals surface area contributed by atoms with Crippen LogP contribution in [0.1, 0.15) is 58.6 Å². The molecular weight excluding hydrogens is 308 g/mol. The molecule has 0 saturated heterocycles. The Morgan fingerprint density at radius 2 is 1.84 bits per heavy atom. The lowest BCUT2D eigenvalue weighted by molar-refractivity contribution is 0.341. The number of hydrogen-bond donors (Lipinski definition) is 0. The first-order chi connectivity index (χ1) is 11.7. The van der Waals surface area contributed by atoms with Crippen molar-refractivity contribution in [3.05, 3.63) is 34.9 Å². The fourth-order valence-corrected chi connectivity index (χ4v) is 2.60. The highest BCUT2D eigenvalue weighted by molar-refractivity contribution is 5.64. The minimum atomic E-state index is 0.183. The van der Waals surface area contributed by atoms with Gasteiger partial charge in [0.1, 0.15) is 12.4 Å². The van der Waals surface area contributed by atoms with E-state index in [9.17, 15) is 0 Å². The van der Waals surface area contributed by atoms with Crippen molar-refractivity contribution in [3.63, 3.8) is 0 Å². The van der Waals surface area contributed by atoms with E-state index in [1.165, 1.54) is 5.57 Å². The van der Waals surface area contributed by atoms with Crippen LogP contribution in [0.4, 0.5) is 5.69 Å². The number of nitrogens with zero attached hydrogens (tertiary/aromatic N) is 2. The molecule has 0 heterocycles. The topological polar surface area (TPSA) is 24.8 Å². The van der Waals surface area contributed by atoms with Gasteiger partial charge >= 0.3 is 0 Å². The molecule has 0 aliphatic heterocycles. The molecule has 1 aromatic rings. The van der Waals surface area contributed by atoms with Crippen LogP contribution >= 0.6 is 0 Å². The van der Waals surface area contributed by atoms with E-state index in [2.05, 4.69) is 76.6 Å². The smallest absolute Gasteiger partial charge is 0.123 e. The summed E-state index contributed by atoms with van der Waals surface area (Å²) in [6.07, 6.45) is 6.45. The molecule has 0 aliphatic carbocycles. The number of benzene rings is 1. The van der Waals surface area contributed by atoms with Crippen LogP contribution in [-0.2, 0) is 0 Å². The van der Waals surface area contributed by atoms with Crippen LogP contribution in [0.25, 0.3) is 0 Å². The number of aliphatic imine (C=N–C) groups is 1. The van der Waals surface area contributed by atoms with Crippen molar-refractivity contribution in [1.82, 2.24) is 4.90 Å². The Balaban J connectivity index is 2.91. The van der Waals surface area contributed by atoms with Crippen LogP contribution in [-0.4, -0.2) is 31.4 Å². The molecule has 0 aromatic heterocycles. The minimum absolute atomic E-state index is 0.183. The van der Waals surface area contributed by atoms with Gasteiger partial charge in [0.25, 0.3) is 0 Å². The molecule has 3 nitrogen and oxygen atoms in total. The quantitative estimate of drug-likeness (QED) is 0.325. The highest BCUT2D eigenvalue weighted by Gasteiger charge is 2.10. The summed E-state index contributed by atoms with van der Waals surface area (Å²) < 4.78 is 6.15. The third kappa shape index (κ3) is 7.76. The molecule has 0 atom stereocenters. The first-order valence-electron chi connectivity index (χ1n) is 9.35. The maximum Gasteiger partial charge on any atom is 0.123 e. The average Bonchev–Trinajstić information content (AvgIpc) is 2.52. The Bertz CT molecular complexity index is 609. The number of aryl methyl sites for hydroxylation is 2. The monoisotopic (exact) mass is 344 g/mol. The molecule has 1 rings (SSSR count). The van der Waals surface area contributed by atoms with E-state index in [1.54, 1.807) is 0 Å². The van der Waals surface area contributed by atoms with Gasteiger partial charge in [0.05, 0.1) is 12.0 Å². The van der Waals surface area contributed by atoms with E-state index < -0.39 is 0 Å². The Kier molecular flexibility index (Phi) is 8.21. The fourth-order valence-electron chi connectivity index (χ4n) is 2.60. The van der Waals surface area contributed by atoms with E-state index in [-0.39, 0.29) is 5.41 Å². The lowest BCUT2D eigenvalue weighted by atomic mass is 9.92. The number of allylic oxidation sites excluding steroid dienone is 1. The third-order valence-corrected chi connectivity index (χ3v) is 4.01. The summed E-state index contributed by atoms with van der Waals surface area (Å²) in [7, 11) is 2.03. The number of ether oxygens (including phenoxy) is 1. The van der Waals surface area contributed by atoms with Crippen molar-refractivity contribution in [2.75, 3.05) is 20.2 Å². The summed E-state index contributed by atoms with van der Waals surface area (Å²) >= 11 is 0. The summed E-state index contributed by atoms with van der Waals surface area (Å²) in [5, 5.41) is 0. The van der Waals surface area contributed by atoms with Gasteiger partial charge in [-0.15, -0.1) is 0 Å². The van der Waals surface area contributed by atoms with Crippen LogP contribution in [0, 0.1) is 19.3 Å². The second-order valence-electron chi connectivity index (χ2n) is 7.93. The molecule has 0 unspecified atom stereocenters. The van der Waals surface area contributed by atoms with E-state index in [4.69, 9.17) is 4.74 Å².